The maximum Gasteiger partial charge on any atom is 0.434 e. The largest absolute Gasteiger partial charge is 0.434 e. The van der Waals surface area contributed by atoms with Gasteiger partial charge < -0.3 is 15.1 Å². The van der Waals surface area contributed by atoms with E-state index in [1.807, 2.05) is 5.10 Å². The summed E-state index contributed by atoms with van der Waals surface area (Å²) in [6.45, 7) is 0.388. The topological polar surface area (TPSA) is 83.0 Å². The van der Waals surface area contributed by atoms with Gasteiger partial charge in [0.15, 0.2) is 0 Å². The molecule has 1 saturated heterocycles. The molecule has 142 valence electrons. The molecule has 3 rings (SSSR count). The fraction of sp³-hybridized carbons (Fsp3) is 0.467. The lowest BCUT2D eigenvalue weighted by Crippen LogP contribution is -2.43. The van der Waals surface area contributed by atoms with Crippen LogP contribution in [0.2, 0.25) is 0 Å². The minimum atomic E-state index is -4.99. The number of piperidine rings is 1. The molecule has 1 aromatic heterocycles. The molecule has 0 amide bonds. The lowest BCUT2D eigenvalue weighted by Gasteiger charge is -2.31. The van der Waals surface area contributed by atoms with Gasteiger partial charge in [0.2, 0.25) is 5.89 Å². The number of rotatable bonds is 4. The van der Waals surface area contributed by atoms with Gasteiger partial charge >= 0.3 is 11.9 Å². The molecule has 1 aliphatic heterocycles. The van der Waals surface area contributed by atoms with Crippen LogP contribution in [0.25, 0.3) is 11.5 Å². The highest BCUT2D eigenvalue weighted by molar-refractivity contribution is 5.66. The van der Waals surface area contributed by atoms with Crippen LogP contribution in [0.1, 0.15) is 18.4 Å². The number of halogens is 5. The van der Waals surface area contributed by atoms with Gasteiger partial charge in [-0.25, -0.2) is 18.7 Å². The summed E-state index contributed by atoms with van der Waals surface area (Å²) in [6, 6.07) is 1.48. The zero-order valence-corrected chi connectivity index (χ0v) is 13.3. The van der Waals surface area contributed by atoms with Crippen molar-refractivity contribution in [2.24, 2.45) is 0 Å². The van der Waals surface area contributed by atoms with E-state index >= 15 is 0 Å². The van der Waals surface area contributed by atoms with Crippen LogP contribution in [-0.4, -0.2) is 35.5 Å². The third kappa shape index (κ3) is 3.87. The van der Waals surface area contributed by atoms with Crippen LogP contribution in [0.3, 0.4) is 0 Å². The predicted molar refractivity (Wildman–Crippen MR) is 82.0 cm³/mol. The van der Waals surface area contributed by atoms with Crippen LogP contribution in [-0.2, 0) is 6.18 Å². The lowest BCUT2D eigenvalue weighted by molar-refractivity contribution is -0.139. The highest BCUT2D eigenvalue weighted by atomic mass is 19.4. The summed E-state index contributed by atoms with van der Waals surface area (Å²) in [5.41, 5.74) is -4.08. The van der Waals surface area contributed by atoms with E-state index in [1.165, 1.54) is 0 Å². The fourth-order valence-corrected chi connectivity index (χ4v) is 2.82. The predicted octanol–water partition coefficient (Wildman–Crippen LogP) is 2.69. The van der Waals surface area contributed by atoms with E-state index in [1.54, 1.807) is 0 Å². The number of anilines is 1. The second-order valence-electron chi connectivity index (χ2n) is 6.05. The minimum absolute atomic E-state index is 0.123. The van der Waals surface area contributed by atoms with Gasteiger partial charge in [0.25, 0.3) is 0 Å². The van der Waals surface area contributed by atoms with Crippen LogP contribution >= 0.6 is 0 Å². The van der Waals surface area contributed by atoms with E-state index in [0.717, 1.165) is 6.07 Å². The number of nitrogens with one attached hydrogen (secondary N) is 3. The van der Waals surface area contributed by atoms with Crippen molar-refractivity contribution in [2.75, 3.05) is 25.0 Å². The van der Waals surface area contributed by atoms with Crippen molar-refractivity contribution in [1.82, 2.24) is 15.5 Å². The van der Waals surface area contributed by atoms with Crippen molar-refractivity contribution in [3.8, 4) is 11.5 Å². The van der Waals surface area contributed by atoms with Crippen molar-refractivity contribution in [2.45, 2.75) is 24.7 Å². The van der Waals surface area contributed by atoms with Crippen molar-refractivity contribution in [1.29, 1.82) is 0 Å². The van der Waals surface area contributed by atoms with Gasteiger partial charge in [0.1, 0.15) is 17.0 Å². The molecule has 0 spiro atoms. The molecule has 26 heavy (non-hydrogen) atoms. The van der Waals surface area contributed by atoms with Gasteiger partial charge in [-0.2, -0.15) is 13.2 Å². The van der Waals surface area contributed by atoms with Crippen molar-refractivity contribution in [3.63, 3.8) is 0 Å². The molecule has 1 aromatic carbocycles. The third-order valence-electron chi connectivity index (χ3n) is 4.15. The Morgan fingerprint density at radius 3 is 2.54 bits per heavy atom. The minimum Gasteiger partial charge on any atom is -0.388 e. The number of H-pyrrole nitrogens is 1. The number of hydrogen-bond donors (Lipinski definition) is 3. The van der Waals surface area contributed by atoms with Crippen molar-refractivity contribution < 1.29 is 26.4 Å². The zero-order chi connectivity index (χ0) is 18.9. The Kier molecular flexibility index (Phi) is 4.74. The molecular weight excluding hydrogens is 363 g/mol. The van der Waals surface area contributed by atoms with E-state index < -0.39 is 41.2 Å². The van der Waals surface area contributed by atoms with E-state index in [2.05, 4.69) is 20.1 Å². The molecule has 2 heterocycles. The molecule has 2 aromatic rings. The number of nitrogens with zero attached hydrogens (tertiary/aromatic N) is 1. The monoisotopic (exact) mass is 378 g/mol. The summed E-state index contributed by atoms with van der Waals surface area (Å²) in [6.07, 6.45) is -4.75. The van der Waals surface area contributed by atoms with Crippen LogP contribution in [0.5, 0.6) is 0 Å². The molecule has 11 heteroatoms. The summed E-state index contributed by atoms with van der Waals surface area (Å²) in [7, 11) is 0. The number of aromatic nitrogens is 2. The van der Waals surface area contributed by atoms with Gasteiger partial charge in [-0.1, -0.05) is 0 Å². The lowest BCUT2D eigenvalue weighted by atomic mass is 9.94. The highest BCUT2D eigenvalue weighted by Gasteiger charge is 2.39. The first-order valence-electron chi connectivity index (χ1n) is 7.78. The van der Waals surface area contributed by atoms with Gasteiger partial charge in [0, 0.05) is 12.1 Å². The van der Waals surface area contributed by atoms with E-state index in [0.29, 0.717) is 19.2 Å². The van der Waals surface area contributed by atoms with E-state index in [9.17, 15) is 26.7 Å². The molecular formula is C15H15F5N4O2. The maximum absolute atomic E-state index is 14.7. The average molecular weight is 378 g/mol. The normalized spacial score (nSPS) is 17.3. The van der Waals surface area contributed by atoms with Gasteiger partial charge in [-0.05, 0) is 38.1 Å². The summed E-state index contributed by atoms with van der Waals surface area (Å²) < 4.78 is 73.1. The second-order valence-corrected chi connectivity index (χ2v) is 6.05. The second kappa shape index (κ2) is 6.71. The molecule has 0 atom stereocenters. The average Bonchev–Trinajstić information content (AvgIpc) is 2.98. The first kappa shape index (κ1) is 18.4. The van der Waals surface area contributed by atoms with Gasteiger partial charge in [-0.3, -0.25) is 0 Å². The molecule has 0 bridgehead atoms. The summed E-state index contributed by atoms with van der Waals surface area (Å²) >= 11 is 0. The van der Waals surface area contributed by atoms with E-state index in [-0.39, 0.29) is 24.3 Å². The molecule has 1 fully saturated rings. The molecule has 0 saturated carbocycles. The fourth-order valence-electron chi connectivity index (χ4n) is 2.82. The zero-order valence-electron chi connectivity index (χ0n) is 13.3. The summed E-state index contributed by atoms with van der Waals surface area (Å²) in [5, 5.41) is 10.7. The molecule has 0 unspecified atom stereocenters. The summed E-state index contributed by atoms with van der Waals surface area (Å²) in [5.74, 6) is -2.89. The van der Waals surface area contributed by atoms with Crippen LogP contribution in [0.4, 0.5) is 27.6 Å². The Bertz CT molecular complexity index is 839. The molecule has 6 nitrogen and oxygen atoms in total. The molecule has 0 aliphatic carbocycles. The first-order chi connectivity index (χ1) is 12.2. The number of benzene rings is 1. The Balaban J connectivity index is 1.97. The smallest absolute Gasteiger partial charge is 0.388 e. The molecule has 0 radical (unpaired) electrons. The Labute approximate surface area is 143 Å². The SMILES string of the molecule is O=c1[nH]nc(-c2cc(F)c(C(F)(F)F)c(NCC3(F)CCNCC3)c2)o1. The first-order valence-corrected chi connectivity index (χ1v) is 7.78. The third-order valence-corrected chi connectivity index (χ3v) is 4.15. The Morgan fingerprint density at radius 2 is 1.96 bits per heavy atom. The molecule has 3 N–H and O–H groups in total. The van der Waals surface area contributed by atoms with Crippen LogP contribution in [0.15, 0.2) is 21.3 Å². The van der Waals surface area contributed by atoms with Crippen molar-refractivity contribution >= 4 is 5.69 Å². The quantitative estimate of drug-likeness (QED) is 0.713. The molecule has 1 aliphatic rings. The van der Waals surface area contributed by atoms with Crippen molar-refractivity contribution in [3.05, 3.63) is 34.1 Å². The maximum atomic E-state index is 14.7. The number of hydrogen-bond acceptors (Lipinski definition) is 5. The standard InChI is InChI=1S/C15H15F5N4O2/c16-9-5-8(12-23-24-13(25)26-12)6-10(11(9)15(18,19)20)22-7-14(17)1-3-21-4-2-14/h5-6,21-22H,1-4,7H2,(H,24,25). The number of aromatic amines is 1. The van der Waals surface area contributed by atoms with E-state index in [4.69, 9.17) is 0 Å². The Hall–Kier alpha value is -2.43. The van der Waals surface area contributed by atoms with Crippen LogP contribution < -0.4 is 16.4 Å². The highest BCUT2D eigenvalue weighted by Crippen LogP contribution is 2.39. The number of alkyl halides is 4. The Morgan fingerprint density at radius 1 is 1.27 bits per heavy atom. The van der Waals surface area contributed by atoms with Gasteiger partial charge in [-0.15, -0.1) is 5.10 Å². The van der Waals surface area contributed by atoms with Gasteiger partial charge in [0.05, 0.1) is 5.69 Å². The summed E-state index contributed by atoms with van der Waals surface area (Å²) in [4.78, 5) is 11.0. The van der Waals surface area contributed by atoms with Crippen LogP contribution in [0, 0.1) is 5.82 Å².